The number of carbonyl (C=O) groups excluding carboxylic acids is 1. The molecule has 0 aliphatic carbocycles. The number of aromatic nitrogens is 2. The van der Waals surface area contributed by atoms with Crippen LogP contribution in [0.25, 0.3) is 5.69 Å². The van der Waals surface area contributed by atoms with E-state index >= 15 is 0 Å². The smallest absolute Gasteiger partial charge is 0.228 e. The second-order valence-corrected chi connectivity index (χ2v) is 7.33. The van der Waals surface area contributed by atoms with Crippen LogP contribution < -0.4 is 5.32 Å². The zero-order chi connectivity index (χ0) is 14.9. The van der Waals surface area contributed by atoms with Crippen molar-refractivity contribution in [2.75, 3.05) is 16.8 Å². The van der Waals surface area contributed by atoms with Crippen LogP contribution in [0.15, 0.2) is 43.0 Å². The van der Waals surface area contributed by atoms with Crippen molar-refractivity contribution >= 4 is 21.4 Å². The van der Waals surface area contributed by atoms with Crippen molar-refractivity contribution in [1.82, 2.24) is 9.55 Å². The van der Waals surface area contributed by atoms with Crippen LogP contribution in [0.5, 0.6) is 0 Å². The largest absolute Gasteiger partial charge is 0.326 e. The van der Waals surface area contributed by atoms with Crippen LogP contribution in [0, 0.1) is 5.92 Å². The monoisotopic (exact) mass is 305 g/mol. The summed E-state index contributed by atoms with van der Waals surface area (Å²) < 4.78 is 24.6. The van der Waals surface area contributed by atoms with Crippen molar-refractivity contribution in [3.05, 3.63) is 43.0 Å². The van der Waals surface area contributed by atoms with E-state index in [1.165, 1.54) is 0 Å². The Labute approximate surface area is 122 Å². The molecule has 6 nitrogen and oxygen atoms in total. The maximum absolute atomic E-state index is 12.0. The van der Waals surface area contributed by atoms with Crippen molar-refractivity contribution in [2.45, 2.75) is 6.42 Å². The van der Waals surface area contributed by atoms with E-state index in [1.807, 2.05) is 22.9 Å². The number of anilines is 1. The van der Waals surface area contributed by atoms with Crippen LogP contribution in [-0.2, 0) is 14.6 Å². The zero-order valence-electron chi connectivity index (χ0n) is 11.3. The molecule has 1 aromatic heterocycles. The second-order valence-electron chi connectivity index (χ2n) is 5.11. The summed E-state index contributed by atoms with van der Waals surface area (Å²) in [7, 11) is -3.04. The van der Waals surface area contributed by atoms with Gasteiger partial charge in [-0.3, -0.25) is 4.79 Å². The molecule has 0 spiro atoms. The lowest BCUT2D eigenvalue weighted by Crippen LogP contribution is -2.23. The fraction of sp³-hybridized carbons (Fsp3) is 0.286. The molecule has 110 valence electrons. The van der Waals surface area contributed by atoms with E-state index in [0.717, 1.165) is 5.69 Å². The SMILES string of the molecule is O=C(Nc1ccc(-n2ccnc2)cc1)C1CCS(=O)(=O)C1. The van der Waals surface area contributed by atoms with Gasteiger partial charge in [-0.25, -0.2) is 13.4 Å². The Bertz CT molecular complexity index is 736. The number of rotatable bonds is 3. The van der Waals surface area contributed by atoms with Crippen LogP contribution in [0.1, 0.15) is 6.42 Å². The van der Waals surface area contributed by atoms with Crippen LogP contribution >= 0.6 is 0 Å². The molecule has 1 unspecified atom stereocenters. The normalized spacial score (nSPS) is 20.3. The molecular formula is C14H15N3O3S. The summed E-state index contributed by atoms with van der Waals surface area (Å²) in [6.45, 7) is 0. The average Bonchev–Trinajstić information content (AvgIpc) is 3.09. The molecule has 1 atom stereocenters. The van der Waals surface area contributed by atoms with Gasteiger partial charge in [-0.05, 0) is 30.7 Å². The Kier molecular flexibility index (Phi) is 3.50. The minimum absolute atomic E-state index is 0.0496. The highest BCUT2D eigenvalue weighted by Crippen LogP contribution is 2.21. The topological polar surface area (TPSA) is 81.1 Å². The molecule has 2 heterocycles. The molecule has 1 aliphatic heterocycles. The average molecular weight is 305 g/mol. The first-order valence-corrected chi connectivity index (χ1v) is 8.45. The zero-order valence-corrected chi connectivity index (χ0v) is 12.1. The maximum Gasteiger partial charge on any atom is 0.228 e. The summed E-state index contributed by atoms with van der Waals surface area (Å²) in [5.41, 5.74) is 1.60. The fourth-order valence-corrected chi connectivity index (χ4v) is 4.12. The third-order valence-electron chi connectivity index (χ3n) is 3.54. The van der Waals surface area contributed by atoms with Gasteiger partial charge in [0.15, 0.2) is 9.84 Å². The van der Waals surface area contributed by atoms with Gasteiger partial charge < -0.3 is 9.88 Å². The number of sulfone groups is 1. The van der Waals surface area contributed by atoms with Crippen LogP contribution in [0.2, 0.25) is 0 Å². The molecular weight excluding hydrogens is 290 g/mol. The van der Waals surface area contributed by atoms with Gasteiger partial charge >= 0.3 is 0 Å². The summed E-state index contributed by atoms with van der Waals surface area (Å²) in [6.07, 6.45) is 5.62. The number of carbonyl (C=O) groups is 1. The Morgan fingerprint density at radius 2 is 2.05 bits per heavy atom. The molecule has 21 heavy (non-hydrogen) atoms. The fourth-order valence-electron chi connectivity index (χ4n) is 2.37. The Hall–Kier alpha value is -2.15. The lowest BCUT2D eigenvalue weighted by atomic mass is 10.1. The lowest BCUT2D eigenvalue weighted by Gasteiger charge is -2.10. The van der Waals surface area contributed by atoms with Gasteiger partial charge in [-0.2, -0.15) is 0 Å². The molecule has 1 fully saturated rings. The Morgan fingerprint density at radius 1 is 1.29 bits per heavy atom. The van der Waals surface area contributed by atoms with Crippen molar-refractivity contribution in [2.24, 2.45) is 5.92 Å². The van der Waals surface area contributed by atoms with Crippen LogP contribution in [-0.4, -0.2) is 35.4 Å². The summed E-state index contributed by atoms with van der Waals surface area (Å²) in [4.78, 5) is 16.0. The molecule has 1 amide bonds. The van der Waals surface area contributed by atoms with Crippen molar-refractivity contribution in [3.8, 4) is 5.69 Å². The van der Waals surface area contributed by atoms with Crippen molar-refractivity contribution in [3.63, 3.8) is 0 Å². The first-order chi connectivity index (χ1) is 10.0. The lowest BCUT2D eigenvalue weighted by molar-refractivity contribution is -0.119. The van der Waals surface area contributed by atoms with Crippen LogP contribution in [0.3, 0.4) is 0 Å². The first kappa shape index (κ1) is 13.8. The van der Waals surface area contributed by atoms with E-state index in [1.54, 1.807) is 24.7 Å². The molecule has 1 N–H and O–H groups in total. The van der Waals surface area contributed by atoms with Gasteiger partial charge in [0.05, 0.1) is 23.8 Å². The Balaban J connectivity index is 1.67. The van der Waals surface area contributed by atoms with Crippen molar-refractivity contribution < 1.29 is 13.2 Å². The summed E-state index contributed by atoms with van der Waals surface area (Å²) >= 11 is 0. The third kappa shape index (κ3) is 3.13. The van der Waals surface area contributed by atoms with Gasteiger partial charge in [0, 0.05) is 23.8 Å². The van der Waals surface area contributed by atoms with Gasteiger partial charge in [0.1, 0.15) is 0 Å². The molecule has 2 aromatic rings. The molecule has 0 saturated carbocycles. The van der Waals surface area contributed by atoms with Crippen LogP contribution in [0.4, 0.5) is 5.69 Å². The van der Waals surface area contributed by atoms with E-state index < -0.39 is 15.8 Å². The second kappa shape index (κ2) is 5.33. The van der Waals surface area contributed by atoms with Gasteiger partial charge in [-0.15, -0.1) is 0 Å². The number of nitrogens with zero attached hydrogens (tertiary/aromatic N) is 2. The highest BCUT2D eigenvalue weighted by molar-refractivity contribution is 7.91. The number of hydrogen-bond donors (Lipinski definition) is 1. The summed E-state index contributed by atoms with van der Waals surface area (Å²) in [5.74, 6) is -0.619. The van der Waals surface area contributed by atoms with Crippen molar-refractivity contribution in [1.29, 1.82) is 0 Å². The van der Waals surface area contributed by atoms with E-state index in [4.69, 9.17) is 0 Å². The standard InChI is InChI=1S/C14H15N3O3S/c18-14(11-5-8-21(19,20)9-11)16-12-1-3-13(4-2-12)17-7-6-15-10-17/h1-4,6-7,10-11H,5,8-9H2,(H,16,18). The summed E-state index contributed by atoms with van der Waals surface area (Å²) in [5, 5.41) is 2.77. The minimum Gasteiger partial charge on any atom is -0.326 e. The molecule has 0 bridgehead atoms. The number of hydrogen-bond acceptors (Lipinski definition) is 4. The number of nitrogens with one attached hydrogen (secondary N) is 1. The number of benzene rings is 1. The van der Waals surface area contributed by atoms with Gasteiger partial charge in [-0.1, -0.05) is 0 Å². The molecule has 1 aromatic carbocycles. The predicted molar refractivity (Wildman–Crippen MR) is 79.0 cm³/mol. The minimum atomic E-state index is -3.04. The number of amides is 1. The molecule has 3 rings (SSSR count). The van der Waals surface area contributed by atoms with Gasteiger partial charge in [0.25, 0.3) is 0 Å². The number of imidazole rings is 1. The Morgan fingerprint density at radius 3 is 2.62 bits per heavy atom. The highest BCUT2D eigenvalue weighted by atomic mass is 32.2. The predicted octanol–water partition coefficient (Wildman–Crippen LogP) is 1.25. The third-order valence-corrected chi connectivity index (χ3v) is 5.31. The molecule has 0 radical (unpaired) electrons. The van der Waals surface area contributed by atoms with E-state index in [-0.39, 0.29) is 17.4 Å². The van der Waals surface area contributed by atoms with E-state index in [0.29, 0.717) is 12.1 Å². The van der Waals surface area contributed by atoms with Gasteiger partial charge in [0.2, 0.25) is 5.91 Å². The molecule has 1 aliphatic rings. The first-order valence-electron chi connectivity index (χ1n) is 6.63. The van der Waals surface area contributed by atoms with E-state index in [2.05, 4.69) is 10.3 Å². The molecule has 1 saturated heterocycles. The highest BCUT2D eigenvalue weighted by Gasteiger charge is 2.32. The quantitative estimate of drug-likeness (QED) is 0.925. The summed E-state index contributed by atoms with van der Waals surface area (Å²) in [6, 6.07) is 7.30. The maximum atomic E-state index is 12.0. The van der Waals surface area contributed by atoms with E-state index in [9.17, 15) is 13.2 Å². The molecule has 7 heteroatoms.